The quantitative estimate of drug-likeness (QED) is 0.360. The second-order valence-electron chi connectivity index (χ2n) is 8.70. The normalized spacial score (nSPS) is 16.3. The zero-order valence-electron chi connectivity index (χ0n) is 18.2. The summed E-state index contributed by atoms with van der Waals surface area (Å²) in [6.45, 7) is 10.4. The summed E-state index contributed by atoms with van der Waals surface area (Å²) < 4.78 is 11.0. The second-order valence-corrected chi connectivity index (χ2v) is 8.70. The van der Waals surface area contributed by atoms with Crippen molar-refractivity contribution in [3.8, 4) is 5.75 Å². The van der Waals surface area contributed by atoms with E-state index in [4.69, 9.17) is 9.47 Å². The second kappa shape index (κ2) is 10.3. The van der Waals surface area contributed by atoms with E-state index in [-0.39, 0.29) is 24.5 Å². The zero-order chi connectivity index (χ0) is 21.4. The van der Waals surface area contributed by atoms with Gasteiger partial charge >= 0.3 is 12.1 Å². The van der Waals surface area contributed by atoms with Crippen LogP contribution in [0.25, 0.3) is 0 Å². The first-order valence-corrected chi connectivity index (χ1v) is 10.4. The molecule has 1 amide bonds. The van der Waals surface area contributed by atoms with Crippen molar-refractivity contribution in [2.75, 3.05) is 6.54 Å². The summed E-state index contributed by atoms with van der Waals surface area (Å²) in [7, 11) is 0. The Kier molecular flexibility index (Phi) is 8.10. The minimum Gasteiger partial charge on any atom is -0.444 e. The summed E-state index contributed by atoms with van der Waals surface area (Å²) in [6, 6.07) is 8.96. The van der Waals surface area contributed by atoms with Gasteiger partial charge in [0.15, 0.2) is 0 Å². The van der Waals surface area contributed by atoms with Gasteiger partial charge in [-0.3, -0.25) is 4.79 Å². The maximum absolute atomic E-state index is 12.7. The van der Waals surface area contributed by atoms with Gasteiger partial charge in [-0.15, -0.1) is 5.73 Å². The number of benzene rings is 1. The van der Waals surface area contributed by atoms with E-state index in [1.807, 2.05) is 45.0 Å². The highest BCUT2D eigenvalue weighted by atomic mass is 16.6. The SMILES string of the molecule is CC(C)C=C=C(CCC(=O)Oc1ccccc1)C1CCCN1C(=O)OC(C)(C)C. The third kappa shape index (κ3) is 7.78. The van der Waals surface area contributed by atoms with Crippen LogP contribution in [0.3, 0.4) is 0 Å². The van der Waals surface area contributed by atoms with Crippen LogP contribution in [0.5, 0.6) is 5.75 Å². The van der Waals surface area contributed by atoms with Crippen molar-refractivity contribution in [2.24, 2.45) is 5.92 Å². The molecule has 29 heavy (non-hydrogen) atoms. The summed E-state index contributed by atoms with van der Waals surface area (Å²) in [4.78, 5) is 26.7. The van der Waals surface area contributed by atoms with Crippen molar-refractivity contribution in [3.63, 3.8) is 0 Å². The number of esters is 1. The van der Waals surface area contributed by atoms with Crippen LogP contribution in [0.15, 0.2) is 47.7 Å². The number of ether oxygens (including phenoxy) is 2. The van der Waals surface area contributed by atoms with Crippen LogP contribution in [-0.4, -0.2) is 35.2 Å². The first kappa shape index (κ1) is 22.8. The Balaban J connectivity index is 2.10. The van der Waals surface area contributed by atoms with Crippen molar-refractivity contribution in [3.05, 3.63) is 47.7 Å². The molecule has 1 atom stereocenters. The Morgan fingerprint density at radius 1 is 1.21 bits per heavy atom. The Labute approximate surface area is 174 Å². The van der Waals surface area contributed by atoms with Gasteiger partial charge in [0.05, 0.1) is 12.5 Å². The molecular formula is C24H33NO4. The van der Waals surface area contributed by atoms with Crippen LogP contribution < -0.4 is 4.74 Å². The highest BCUT2D eigenvalue weighted by molar-refractivity contribution is 5.73. The minimum atomic E-state index is -0.540. The number of likely N-dealkylation sites (tertiary alicyclic amines) is 1. The van der Waals surface area contributed by atoms with E-state index in [2.05, 4.69) is 19.6 Å². The lowest BCUT2D eigenvalue weighted by Gasteiger charge is -2.29. The van der Waals surface area contributed by atoms with Crippen LogP contribution in [0, 0.1) is 5.92 Å². The molecule has 1 aromatic rings. The van der Waals surface area contributed by atoms with E-state index in [1.165, 1.54) is 0 Å². The molecule has 1 heterocycles. The maximum Gasteiger partial charge on any atom is 0.410 e. The van der Waals surface area contributed by atoms with Gasteiger partial charge < -0.3 is 14.4 Å². The molecule has 1 saturated heterocycles. The summed E-state index contributed by atoms with van der Waals surface area (Å²) >= 11 is 0. The Hall–Kier alpha value is -2.52. The van der Waals surface area contributed by atoms with Gasteiger partial charge in [0, 0.05) is 6.54 Å². The number of carbonyl (C=O) groups is 2. The molecule has 158 valence electrons. The fraction of sp³-hybridized carbons (Fsp3) is 0.542. The van der Waals surface area contributed by atoms with Gasteiger partial charge in [-0.2, -0.15) is 0 Å². The average molecular weight is 400 g/mol. The van der Waals surface area contributed by atoms with Crippen molar-refractivity contribution in [2.45, 2.75) is 71.9 Å². The van der Waals surface area contributed by atoms with Crippen molar-refractivity contribution < 1.29 is 19.1 Å². The lowest BCUT2D eigenvalue weighted by Crippen LogP contribution is -2.40. The molecule has 1 aliphatic rings. The first-order valence-electron chi connectivity index (χ1n) is 10.4. The molecule has 0 aromatic heterocycles. The van der Waals surface area contributed by atoms with Crippen molar-refractivity contribution >= 4 is 12.1 Å². The fourth-order valence-corrected chi connectivity index (χ4v) is 3.18. The standard InChI is InChI=1S/C24H33NO4/c1-18(2)13-14-19(15-16-22(26)28-20-10-7-6-8-11-20)21-12-9-17-25(21)23(27)29-24(3,4)5/h6-8,10-11,13,18,21H,9,12,15-17H2,1-5H3. The fourth-order valence-electron chi connectivity index (χ4n) is 3.18. The molecule has 5 heteroatoms. The smallest absolute Gasteiger partial charge is 0.410 e. The van der Waals surface area contributed by atoms with Crippen LogP contribution in [-0.2, 0) is 9.53 Å². The van der Waals surface area contributed by atoms with E-state index in [9.17, 15) is 9.59 Å². The molecule has 0 spiro atoms. The topological polar surface area (TPSA) is 55.8 Å². The van der Waals surface area contributed by atoms with Gasteiger partial charge in [-0.1, -0.05) is 32.0 Å². The van der Waals surface area contributed by atoms with E-state index in [0.717, 1.165) is 18.4 Å². The van der Waals surface area contributed by atoms with E-state index < -0.39 is 5.60 Å². The molecule has 0 bridgehead atoms. The molecular weight excluding hydrogens is 366 g/mol. The highest BCUT2D eigenvalue weighted by Gasteiger charge is 2.34. The van der Waals surface area contributed by atoms with Gasteiger partial charge in [0.25, 0.3) is 0 Å². The monoisotopic (exact) mass is 399 g/mol. The Morgan fingerprint density at radius 2 is 1.90 bits per heavy atom. The molecule has 1 fully saturated rings. The molecule has 5 nitrogen and oxygen atoms in total. The van der Waals surface area contributed by atoms with Crippen molar-refractivity contribution in [1.82, 2.24) is 4.90 Å². The predicted molar refractivity (Wildman–Crippen MR) is 114 cm³/mol. The number of carbonyl (C=O) groups excluding carboxylic acids is 2. The lowest BCUT2D eigenvalue weighted by molar-refractivity contribution is -0.134. The number of amides is 1. The van der Waals surface area contributed by atoms with Gasteiger partial charge in [0.2, 0.25) is 0 Å². The average Bonchev–Trinajstić information content (AvgIpc) is 3.10. The number of para-hydroxylation sites is 1. The predicted octanol–water partition coefficient (Wildman–Crippen LogP) is 5.51. The third-order valence-electron chi connectivity index (χ3n) is 4.46. The summed E-state index contributed by atoms with van der Waals surface area (Å²) in [5.41, 5.74) is 3.77. The molecule has 1 aromatic carbocycles. The van der Waals surface area contributed by atoms with Crippen LogP contribution >= 0.6 is 0 Å². The highest BCUT2D eigenvalue weighted by Crippen LogP contribution is 2.28. The number of hydrogen-bond acceptors (Lipinski definition) is 4. The number of hydrogen-bond donors (Lipinski definition) is 0. The summed E-state index contributed by atoms with van der Waals surface area (Å²) in [6.07, 6.45) is 4.17. The lowest BCUT2D eigenvalue weighted by atomic mass is 9.99. The number of nitrogens with zero attached hydrogens (tertiary/aromatic N) is 1. The molecule has 1 unspecified atom stereocenters. The van der Waals surface area contributed by atoms with Gasteiger partial charge in [0.1, 0.15) is 11.4 Å². The van der Waals surface area contributed by atoms with E-state index in [0.29, 0.717) is 24.6 Å². The summed E-state index contributed by atoms with van der Waals surface area (Å²) in [5.74, 6) is 0.580. The Bertz CT molecular complexity index is 755. The van der Waals surface area contributed by atoms with E-state index >= 15 is 0 Å². The van der Waals surface area contributed by atoms with Crippen molar-refractivity contribution in [1.29, 1.82) is 0 Å². The maximum atomic E-state index is 12.7. The molecule has 0 aliphatic carbocycles. The molecule has 0 radical (unpaired) electrons. The minimum absolute atomic E-state index is 0.0932. The van der Waals surface area contributed by atoms with Crippen LogP contribution in [0.4, 0.5) is 4.79 Å². The number of rotatable bonds is 6. The molecule has 0 saturated carbocycles. The summed E-state index contributed by atoms with van der Waals surface area (Å²) in [5, 5.41) is 0. The molecule has 1 aliphatic heterocycles. The van der Waals surface area contributed by atoms with Crippen LogP contribution in [0.1, 0.15) is 60.3 Å². The Morgan fingerprint density at radius 3 is 2.52 bits per heavy atom. The third-order valence-corrected chi connectivity index (χ3v) is 4.46. The molecule has 2 rings (SSSR count). The van der Waals surface area contributed by atoms with Gasteiger partial charge in [-0.05, 0) is 69.7 Å². The zero-order valence-corrected chi connectivity index (χ0v) is 18.2. The van der Waals surface area contributed by atoms with E-state index in [1.54, 1.807) is 17.0 Å². The van der Waals surface area contributed by atoms with Crippen LogP contribution in [0.2, 0.25) is 0 Å². The first-order chi connectivity index (χ1) is 13.7. The largest absolute Gasteiger partial charge is 0.444 e. The molecule has 0 N–H and O–H groups in total. The van der Waals surface area contributed by atoms with Gasteiger partial charge in [-0.25, -0.2) is 4.79 Å².